The molecule has 4 rings (SSSR count). The molecule has 156 valence electrons. The molecule has 0 saturated heterocycles. The Labute approximate surface area is 175 Å². The van der Waals surface area contributed by atoms with E-state index < -0.39 is 12.1 Å². The maximum atomic E-state index is 12.6. The Hall–Kier alpha value is -3.28. The fraction of sp³-hybridized carbons (Fsp3) is 0.333. The van der Waals surface area contributed by atoms with Gasteiger partial charge >= 0.3 is 5.97 Å². The molecule has 0 aliphatic carbocycles. The molecule has 6 nitrogen and oxygen atoms in total. The van der Waals surface area contributed by atoms with Crippen LogP contribution >= 0.6 is 0 Å². The molecule has 2 unspecified atom stereocenters. The minimum atomic E-state index is -0.894. The number of aryl methyl sites for hydroxylation is 2. The Morgan fingerprint density at radius 1 is 1.20 bits per heavy atom. The lowest BCUT2D eigenvalue weighted by Gasteiger charge is -2.27. The number of amides is 1. The van der Waals surface area contributed by atoms with Crippen LogP contribution in [0.1, 0.15) is 41.6 Å². The first kappa shape index (κ1) is 20.0. The fourth-order valence-electron chi connectivity index (χ4n) is 3.70. The average molecular weight is 407 g/mol. The van der Waals surface area contributed by atoms with Crippen LogP contribution in [0.3, 0.4) is 0 Å². The lowest BCUT2D eigenvalue weighted by Crippen LogP contribution is -2.39. The van der Waals surface area contributed by atoms with Gasteiger partial charge in [0.2, 0.25) is 0 Å². The van der Waals surface area contributed by atoms with Gasteiger partial charge in [0.1, 0.15) is 11.3 Å². The molecule has 2 heterocycles. The molecule has 0 fully saturated rings. The topological polar surface area (TPSA) is 77.8 Å². The van der Waals surface area contributed by atoms with E-state index in [9.17, 15) is 9.59 Å². The van der Waals surface area contributed by atoms with Crippen molar-refractivity contribution in [1.82, 2.24) is 5.32 Å². The van der Waals surface area contributed by atoms with Gasteiger partial charge in [-0.25, -0.2) is 0 Å². The summed E-state index contributed by atoms with van der Waals surface area (Å²) in [7, 11) is 0. The minimum Gasteiger partial charge on any atom is -0.493 e. The second kappa shape index (κ2) is 8.22. The van der Waals surface area contributed by atoms with Gasteiger partial charge in [0.25, 0.3) is 5.91 Å². The number of para-hydroxylation sites is 1. The van der Waals surface area contributed by atoms with Gasteiger partial charge in [-0.05, 0) is 50.1 Å². The van der Waals surface area contributed by atoms with Gasteiger partial charge in [-0.1, -0.05) is 18.2 Å². The van der Waals surface area contributed by atoms with Crippen LogP contribution in [0.25, 0.3) is 11.0 Å². The number of fused-ring (bicyclic) bond motifs is 2. The summed E-state index contributed by atoms with van der Waals surface area (Å²) in [6.45, 7) is 6.15. The van der Waals surface area contributed by atoms with Gasteiger partial charge in [0.15, 0.2) is 6.10 Å². The number of hydrogen-bond donors (Lipinski definition) is 1. The molecule has 1 aliphatic heterocycles. The number of carbonyl (C=O) groups is 2. The first-order chi connectivity index (χ1) is 14.4. The molecule has 2 atom stereocenters. The van der Waals surface area contributed by atoms with E-state index in [-0.39, 0.29) is 18.4 Å². The maximum Gasteiger partial charge on any atom is 0.311 e. The third-order valence-corrected chi connectivity index (χ3v) is 5.56. The monoisotopic (exact) mass is 407 g/mol. The Kier molecular flexibility index (Phi) is 5.48. The molecule has 0 radical (unpaired) electrons. The van der Waals surface area contributed by atoms with Crippen LogP contribution in [0.2, 0.25) is 0 Å². The zero-order valence-corrected chi connectivity index (χ0v) is 17.4. The van der Waals surface area contributed by atoms with Crippen molar-refractivity contribution in [2.75, 3.05) is 6.61 Å². The lowest BCUT2D eigenvalue weighted by atomic mass is 10.0. The van der Waals surface area contributed by atoms with E-state index in [0.29, 0.717) is 13.0 Å². The van der Waals surface area contributed by atoms with Crippen molar-refractivity contribution in [1.29, 1.82) is 0 Å². The number of esters is 1. The Morgan fingerprint density at radius 3 is 2.80 bits per heavy atom. The molecule has 1 aromatic heterocycles. The second-order valence-corrected chi connectivity index (χ2v) is 7.74. The summed E-state index contributed by atoms with van der Waals surface area (Å²) in [6, 6.07) is 11.4. The molecule has 30 heavy (non-hydrogen) atoms. The smallest absolute Gasteiger partial charge is 0.311 e. The highest BCUT2D eigenvalue weighted by Crippen LogP contribution is 2.31. The third-order valence-electron chi connectivity index (χ3n) is 5.56. The van der Waals surface area contributed by atoms with Crippen molar-refractivity contribution in [3.63, 3.8) is 0 Å². The Morgan fingerprint density at radius 2 is 1.97 bits per heavy atom. The highest BCUT2D eigenvalue weighted by Gasteiger charge is 2.26. The molecule has 0 bridgehead atoms. The van der Waals surface area contributed by atoms with Crippen molar-refractivity contribution in [2.45, 2.75) is 45.8 Å². The fourth-order valence-corrected chi connectivity index (χ4v) is 3.70. The largest absolute Gasteiger partial charge is 0.493 e. The van der Waals surface area contributed by atoms with E-state index in [1.165, 1.54) is 0 Å². The van der Waals surface area contributed by atoms with Crippen LogP contribution < -0.4 is 10.1 Å². The van der Waals surface area contributed by atoms with E-state index in [2.05, 4.69) is 5.32 Å². The van der Waals surface area contributed by atoms with Gasteiger partial charge in [-0.3, -0.25) is 9.59 Å². The quantitative estimate of drug-likeness (QED) is 0.643. The zero-order valence-electron chi connectivity index (χ0n) is 17.4. The first-order valence-electron chi connectivity index (χ1n) is 10.1. The number of nitrogens with one attached hydrogen (secondary N) is 1. The van der Waals surface area contributed by atoms with E-state index in [0.717, 1.165) is 39.0 Å². The standard InChI is InChI=1S/C24H25NO5/c1-14-10-19-17(13-29-22(19)11-15(14)2)12-23(26)30-16(3)24(27)25-20-8-9-28-21-7-5-4-6-18(20)21/h4-7,10-11,13,16,20H,8-9,12H2,1-3H3,(H,25,27). The van der Waals surface area contributed by atoms with E-state index in [1.54, 1.807) is 13.2 Å². The van der Waals surface area contributed by atoms with Crippen LogP contribution in [-0.4, -0.2) is 24.6 Å². The summed E-state index contributed by atoms with van der Waals surface area (Å²) in [4.78, 5) is 25.1. The van der Waals surface area contributed by atoms with Gasteiger partial charge in [-0.2, -0.15) is 0 Å². The average Bonchev–Trinajstić information content (AvgIpc) is 3.09. The molecular weight excluding hydrogens is 382 g/mol. The molecule has 0 saturated carbocycles. The van der Waals surface area contributed by atoms with Crippen LogP contribution in [0, 0.1) is 13.8 Å². The van der Waals surface area contributed by atoms with Crippen LogP contribution in [0.15, 0.2) is 47.1 Å². The molecule has 1 aliphatic rings. The summed E-state index contributed by atoms with van der Waals surface area (Å²) >= 11 is 0. The highest BCUT2D eigenvalue weighted by atomic mass is 16.5. The SMILES string of the molecule is Cc1cc2occ(CC(=O)OC(C)C(=O)NC3CCOc4ccccc43)c2cc1C. The lowest BCUT2D eigenvalue weighted by molar-refractivity contribution is -0.154. The normalized spacial score (nSPS) is 16.4. The molecular formula is C24H25NO5. The van der Waals surface area contributed by atoms with Crippen LogP contribution in [0.4, 0.5) is 0 Å². The van der Waals surface area contributed by atoms with Crippen molar-refractivity contribution >= 4 is 22.8 Å². The second-order valence-electron chi connectivity index (χ2n) is 7.74. The predicted molar refractivity (Wildman–Crippen MR) is 112 cm³/mol. The Bertz CT molecular complexity index is 1100. The van der Waals surface area contributed by atoms with Gasteiger partial charge in [-0.15, -0.1) is 0 Å². The number of ether oxygens (including phenoxy) is 2. The van der Waals surface area contributed by atoms with Crippen LogP contribution in [0.5, 0.6) is 5.75 Å². The molecule has 2 aromatic carbocycles. The van der Waals surface area contributed by atoms with E-state index in [1.807, 2.05) is 50.2 Å². The predicted octanol–water partition coefficient (Wildman–Crippen LogP) is 4.16. The van der Waals surface area contributed by atoms with Crippen molar-refractivity contribution in [3.05, 3.63) is 64.9 Å². The molecule has 6 heteroatoms. The number of rotatable bonds is 5. The van der Waals surface area contributed by atoms with E-state index >= 15 is 0 Å². The summed E-state index contributed by atoms with van der Waals surface area (Å²) in [5, 5.41) is 3.86. The van der Waals surface area contributed by atoms with Gasteiger partial charge in [0, 0.05) is 22.9 Å². The van der Waals surface area contributed by atoms with Crippen molar-refractivity contribution < 1.29 is 23.5 Å². The molecule has 3 aromatic rings. The number of benzene rings is 2. The molecule has 0 spiro atoms. The summed E-state index contributed by atoms with van der Waals surface area (Å²) < 4.78 is 16.6. The Balaban J connectivity index is 1.38. The number of carbonyl (C=O) groups excluding carboxylic acids is 2. The number of hydrogen-bond acceptors (Lipinski definition) is 5. The van der Waals surface area contributed by atoms with Gasteiger partial charge in [0.05, 0.1) is 25.3 Å². The molecule has 1 amide bonds. The summed E-state index contributed by atoms with van der Waals surface area (Å²) in [6.07, 6.45) is 1.40. The number of furan rings is 1. The first-order valence-corrected chi connectivity index (χ1v) is 10.1. The zero-order chi connectivity index (χ0) is 21.3. The highest BCUT2D eigenvalue weighted by molar-refractivity contribution is 5.88. The maximum absolute atomic E-state index is 12.6. The van der Waals surface area contributed by atoms with Crippen molar-refractivity contribution in [3.8, 4) is 5.75 Å². The molecule has 1 N–H and O–H groups in total. The minimum absolute atomic E-state index is 0.0488. The summed E-state index contributed by atoms with van der Waals surface area (Å²) in [5.74, 6) is -0.0180. The summed E-state index contributed by atoms with van der Waals surface area (Å²) in [5.41, 5.74) is 4.69. The van der Waals surface area contributed by atoms with Crippen LogP contribution in [-0.2, 0) is 20.7 Å². The third kappa shape index (κ3) is 4.03. The van der Waals surface area contributed by atoms with E-state index in [4.69, 9.17) is 13.9 Å². The van der Waals surface area contributed by atoms with Crippen molar-refractivity contribution in [2.24, 2.45) is 0 Å². The van der Waals surface area contributed by atoms with Gasteiger partial charge < -0.3 is 19.2 Å².